The molecule has 0 fully saturated rings. The lowest BCUT2D eigenvalue weighted by Gasteiger charge is -2.17. The van der Waals surface area contributed by atoms with E-state index in [2.05, 4.69) is 0 Å². The number of carbonyl (C=O) groups excluding carboxylic acids is 2. The number of ether oxygens (including phenoxy) is 1. The SMILES string of the molecule is Cc1ccc(C(N)=O)c(OCC(=O)N(C)Cc2cccs2)c1. The molecular weight excluding hydrogens is 300 g/mol. The van der Waals surface area contributed by atoms with Crippen LogP contribution in [0.2, 0.25) is 0 Å². The molecular formula is C16H18N2O3S. The molecule has 0 saturated heterocycles. The second kappa shape index (κ2) is 7.09. The lowest BCUT2D eigenvalue weighted by molar-refractivity contribution is -0.132. The van der Waals surface area contributed by atoms with Crippen molar-refractivity contribution in [3.8, 4) is 5.75 Å². The summed E-state index contributed by atoms with van der Waals surface area (Å²) in [7, 11) is 1.72. The number of nitrogens with two attached hydrogens (primary N) is 1. The van der Waals surface area contributed by atoms with Gasteiger partial charge in [0.05, 0.1) is 12.1 Å². The highest BCUT2D eigenvalue weighted by Gasteiger charge is 2.14. The molecule has 2 aromatic rings. The van der Waals surface area contributed by atoms with Crippen molar-refractivity contribution >= 4 is 23.2 Å². The number of carbonyl (C=O) groups is 2. The fourth-order valence-electron chi connectivity index (χ4n) is 1.93. The molecule has 2 N–H and O–H groups in total. The van der Waals surface area contributed by atoms with Gasteiger partial charge in [0, 0.05) is 11.9 Å². The first-order valence-corrected chi connectivity index (χ1v) is 7.65. The highest BCUT2D eigenvalue weighted by molar-refractivity contribution is 7.09. The Hall–Kier alpha value is -2.34. The van der Waals surface area contributed by atoms with E-state index in [4.69, 9.17) is 10.5 Å². The normalized spacial score (nSPS) is 10.3. The quantitative estimate of drug-likeness (QED) is 0.887. The molecule has 0 atom stereocenters. The average Bonchev–Trinajstić information content (AvgIpc) is 2.97. The van der Waals surface area contributed by atoms with Crippen LogP contribution in [0.3, 0.4) is 0 Å². The summed E-state index contributed by atoms with van der Waals surface area (Å²) in [6.07, 6.45) is 0. The van der Waals surface area contributed by atoms with Gasteiger partial charge in [0.2, 0.25) is 0 Å². The van der Waals surface area contributed by atoms with Crippen molar-refractivity contribution in [3.63, 3.8) is 0 Å². The summed E-state index contributed by atoms with van der Waals surface area (Å²) in [5, 5.41) is 1.97. The topological polar surface area (TPSA) is 72.6 Å². The fraction of sp³-hybridized carbons (Fsp3) is 0.250. The number of likely N-dealkylation sites (N-methyl/N-ethyl adjacent to an activating group) is 1. The lowest BCUT2D eigenvalue weighted by atomic mass is 10.1. The Morgan fingerprint density at radius 2 is 2.09 bits per heavy atom. The monoisotopic (exact) mass is 318 g/mol. The molecule has 1 heterocycles. The number of rotatable bonds is 6. The Morgan fingerprint density at radius 3 is 2.73 bits per heavy atom. The molecule has 2 amide bonds. The summed E-state index contributed by atoms with van der Waals surface area (Å²) >= 11 is 1.60. The minimum absolute atomic E-state index is 0.133. The summed E-state index contributed by atoms with van der Waals surface area (Å²) < 4.78 is 5.49. The molecule has 1 aromatic carbocycles. The molecule has 116 valence electrons. The van der Waals surface area contributed by atoms with E-state index in [1.807, 2.05) is 24.4 Å². The van der Waals surface area contributed by atoms with Crippen molar-refractivity contribution in [1.82, 2.24) is 4.90 Å². The van der Waals surface area contributed by atoms with Gasteiger partial charge in [-0.25, -0.2) is 0 Å². The van der Waals surface area contributed by atoms with Crippen molar-refractivity contribution < 1.29 is 14.3 Å². The zero-order valence-corrected chi connectivity index (χ0v) is 13.4. The molecule has 22 heavy (non-hydrogen) atoms. The largest absolute Gasteiger partial charge is 0.483 e. The highest BCUT2D eigenvalue weighted by atomic mass is 32.1. The Morgan fingerprint density at radius 1 is 1.32 bits per heavy atom. The molecule has 0 aliphatic heterocycles. The number of hydrogen-bond donors (Lipinski definition) is 1. The molecule has 0 aliphatic carbocycles. The lowest BCUT2D eigenvalue weighted by Crippen LogP contribution is -2.31. The van der Waals surface area contributed by atoms with Crippen molar-refractivity contribution in [2.75, 3.05) is 13.7 Å². The summed E-state index contributed by atoms with van der Waals surface area (Å²) in [6.45, 7) is 2.28. The van der Waals surface area contributed by atoms with Crippen LogP contribution in [0.25, 0.3) is 0 Å². The van der Waals surface area contributed by atoms with E-state index >= 15 is 0 Å². The van der Waals surface area contributed by atoms with E-state index in [0.29, 0.717) is 12.3 Å². The fourth-order valence-corrected chi connectivity index (χ4v) is 2.68. The maximum atomic E-state index is 12.1. The minimum atomic E-state index is -0.575. The summed E-state index contributed by atoms with van der Waals surface area (Å²) in [5.41, 5.74) is 6.52. The van der Waals surface area contributed by atoms with Gasteiger partial charge in [0.25, 0.3) is 11.8 Å². The van der Waals surface area contributed by atoms with E-state index in [9.17, 15) is 9.59 Å². The second-order valence-electron chi connectivity index (χ2n) is 4.98. The van der Waals surface area contributed by atoms with Gasteiger partial charge in [-0.2, -0.15) is 0 Å². The molecule has 6 heteroatoms. The standard InChI is InChI=1S/C16H18N2O3S/c1-11-5-6-13(16(17)20)14(8-11)21-10-15(19)18(2)9-12-4-3-7-22-12/h3-8H,9-10H2,1-2H3,(H2,17,20). The summed E-state index contributed by atoms with van der Waals surface area (Å²) in [6, 6.07) is 9.00. The first-order chi connectivity index (χ1) is 10.5. The third-order valence-electron chi connectivity index (χ3n) is 3.15. The van der Waals surface area contributed by atoms with E-state index in [1.165, 1.54) is 0 Å². The number of nitrogens with zero attached hydrogens (tertiary/aromatic N) is 1. The predicted octanol–water partition coefficient (Wildman–Crippen LogP) is 2.19. The number of benzene rings is 1. The van der Waals surface area contributed by atoms with Gasteiger partial charge in [0.1, 0.15) is 5.75 Å². The van der Waals surface area contributed by atoms with Gasteiger partial charge < -0.3 is 15.4 Å². The smallest absolute Gasteiger partial charge is 0.260 e. The number of amides is 2. The van der Waals surface area contributed by atoms with Gasteiger partial charge >= 0.3 is 0 Å². The molecule has 5 nitrogen and oxygen atoms in total. The van der Waals surface area contributed by atoms with Gasteiger partial charge in [0.15, 0.2) is 6.61 Å². The Bertz CT molecular complexity index is 668. The van der Waals surface area contributed by atoms with Crippen LogP contribution in [0.4, 0.5) is 0 Å². The second-order valence-corrected chi connectivity index (χ2v) is 6.01. The maximum absolute atomic E-state index is 12.1. The van der Waals surface area contributed by atoms with E-state index in [0.717, 1.165) is 10.4 Å². The van der Waals surface area contributed by atoms with Gasteiger partial charge in [-0.05, 0) is 36.1 Å². The first kappa shape index (κ1) is 16.0. The van der Waals surface area contributed by atoms with Gasteiger partial charge in [-0.1, -0.05) is 12.1 Å². The van der Waals surface area contributed by atoms with Crippen LogP contribution < -0.4 is 10.5 Å². The van der Waals surface area contributed by atoms with Crippen LogP contribution in [-0.4, -0.2) is 30.4 Å². The number of thiophene rings is 1. The predicted molar refractivity (Wildman–Crippen MR) is 86.0 cm³/mol. The molecule has 0 aliphatic rings. The van der Waals surface area contributed by atoms with Crippen molar-refractivity contribution in [1.29, 1.82) is 0 Å². The summed E-state index contributed by atoms with van der Waals surface area (Å²) in [5.74, 6) is -0.398. The number of primary amides is 1. The summed E-state index contributed by atoms with van der Waals surface area (Å²) in [4.78, 5) is 26.2. The minimum Gasteiger partial charge on any atom is -0.483 e. The van der Waals surface area contributed by atoms with Crippen LogP contribution in [0.5, 0.6) is 5.75 Å². The molecule has 2 rings (SSSR count). The zero-order valence-electron chi connectivity index (χ0n) is 12.5. The molecule has 0 unspecified atom stereocenters. The van der Waals surface area contributed by atoms with Crippen LogP contribution in [0, 0.1) is 6.92 Å². The van der Waals surface area contributed by atoms with Crippen LogP contribution >= 0.6 is 11.3 Å². The zero-order chi connectivity index (χ0) is 16.1. The number of aryl methyl sites for hydroxylation is 1. The first-order valence-electron chi connectivity index (χ1n) is 6.77. The van der Waals surface area contributed by atoms with Crippen molar-refractivity contribution in [3.05, 3.63) is 51.7 Å². The van der Waals surface area contributed by atoms with Crippen LogP contribution in [-0.2, 0) is 11.3 Å². The van der Waals surface area contributed by atoms with Gasteiger partial charge in [-0.15, -0.1) is 11.3 Å². The van der Waals surface area contributed by atoms with Gasteiger partial charge in [-0.3, -0.25) is 9.59 Å². The molecule has 1 aromatic heterocycles. The van der Waals surface area contributed by atoms with E-state index in [1.54, 1.807) is 41.5 Å². The van der Waals surface area contributed by atoms with Crippen molar-refractivity contribution in [2.45, 2.75) is 13.5 Å². The average molecular weight is 318 g/mol. The van der Waals surface area contributed by atoms with E-state index in [-0.39, 0.29) is 18.1 Å². The molecule has 0 spiro atoms. The Balaban J connectivity index is 1.98. The van der Waals surface area contributed by atoms with Crippen molar-refractivity contribution in [2.24, 2.45) is 5.73 Å². The number of hydrogen-bond acceptors (Lipinski definition) is 4. The molecule has 0 bridgehead atoms. The van der Waals surface area contributed by atoms with Crippen LogP contribution in [0.1, 0.15) is 20.8 Å². The highest BCUT2D eigenvalue weighted by Crippen LogP contribution is 2.20. The Labute approximate surface area is 133 Å². The van der Waals surface area contributed by atoms with Crippen LogP contribution in [0.15, 0.2) is 35.7 Å². The Kier molecular flexibility index (Phi) is 5.16. The molecule has 0 radical (unpaired) electrons. The van der Waals surface area contributed by atoms with E-state index < -0.39 is 5.91 Å². The maximum Gasteiger partial charge on any atom is 0.260 e. The third-order valence-corrected chi connectivity index (χ3v) is 4.01. The molecule has 0 saturated carbocycles. The third kappa shape index (κ3) is 4.08.